The third-order valence-electron chi connectivity index (χ3n) is 17.1. The van der Waals surface area contributed by atoms with E-state index >= 15 is 14.4 Å². The molecule has 9 atom stereocenters. The van der Waals surface area contributed by atoms with Gasteiger partial charge in [0.15, 0.2) is 14.4 Å². The minimum Gasteiger partial charge on any atom is -0.460 e. The molecular formula is C63H88N6O11Si. The summed E-state index contributed by atoms with van der Waals surface area (Å²) < 4.78 is 24.4. The highest BCUT2D eigenvalue weighted by Crippen LogP contribution is 2.51. The van der Waals surface area contributed by atoms with Crippen molar-refractivity contribution in [3.63, 3.8) is 0 Å². The lowest BCUT2D eigenvalue weighted by Gasteiger charge is -2.45. The second-order valence-electron chi connectivity index (χ2n) is 25.7. The van der Waals surface area contributed by atoms with Crippen LogP contribution >= 0.6 is 0 Å². The summed E-state index contributed by atoms with van der Waals surface area (Å²) in [5, 5.41) is 12.0. The Balaban J connectivity index is 1.10. The van der Waals surface area contributed by atoms with Gasteiger partial charge in [-0.3, -0.25) is 19.2 Å². The number of likely N-dealkylation sites (tertiary alicyclic amines) is 2. The number of benzene rings is 3. The smallest absolute Gasteiger partial charge is 0.407 e. The predicted octanol–water partition coefficient (Wildman–Crippen LogP) is 9.21. The van der Waals surface area contributed by atoms with E-state index in [1.54, 1.807) is 27.7 Å². The van der Waals surface area contributed by atoms with Gasteiger partial charge in [0.05, 0.1) is 0 Å². The maximum absolute atomic E-state index is 15.1. The summed E-state index contributed by atoms with van der Waals surface area (Å²) in [6.45, 7) is 30.8. The van der Waals surface area contributed by atoms with Crippen LogP contribution in [0.1, 0.15) is 131 Å². The number of nitrogens with one attached hydrogen (secondary N) is 4. The molecule has 0 radical (unpaired) electrons. The van der Waals surface area contributed by atoms with Gasteiger partial charge in [0.25, 0.3) is 5.91 Å². The molecule has 4 aliphatic rings. The molecule has 18 heteroatoms. The Morgan fingerprint density at radius 2 is 1.38 bits per heavy atom. The van der Waals surface area contributed by atoms with Crippen LogP contribution in [-0.4, -0.2) is 128 Å². The van der Waals surface area contributed by atoms with Crippen LogP contribution in [0.15, 0.2) is 85.5 Å². The van der Waals surface area contributed by atoms with Crippen molar-refractivity contribution in [1.29, 1.82) is 0 Å². The van der Waals surface area contributed by atoms with Gasteiger partial charge in [-0.25, -0.2) is 14.4 Å². The Kier molecular flexibility index (Phi) is 19.4. The molecule has 3 aromatic carbocycles. The monoisotopic (exact) mass is 1130 g/mol. The van der Waals surface area contributed by atoms with E-state index in [9.17, 15) is 19.2 Å². The van der Waals surface area contributed by atoms with Crippen molar-refractivity contribution in [2.24, 2.45) is 23.7 Å². The lowest BCUT2D eigenvalue weighted by atomic mass is 9.80. The summed E-state index contributed by atoms with van der Waals surface area (Å²) in [6.07, 6.45) is -0.821. The summed E-state index contributed by atoms with van der Waals surface area (Å²) in [7, 11) is -2.41. The average Bonchev–Trinajstić information content (AvgIpc) is 2.82. The first-order valence-corrected chi connectivity index (χ1v) is 31.9. The molecule has 3 aliphatic heterocycles. The first-order valence-electron chi connectivity index (χ1n) is 29.0. The molecule has 3 aromatic rings. The molecule has 0 saturated carbocycles. The molecule has 0 spiro atoms. The number of alkyl carbamates (subject to hydrolysis) is 1. The van der Waals surface area contributed by atoms with Gasteiger partial charge in [0.1, 0.15) is 49.6 Å². The van der Waals surface area contributed by atoms with Crippen LogP contribution in [0.5, 0.6) is 0 Å². The molecule has 3 heterocycles. The van der Waals surface area contributed by atoms with Gasteiger partial charge in [0, 0.05) is 36.1 Å². The van der Waals surface area contributed by atoms with Gasteiger partial charge in [-0.1, -0.05) is 162 Å². The number of para-hydroxylation sites is 1. The van der Waals surface area contributed by atoms with Crippen molar-refractivity contribution < 1.29 is 52.2 Å². The molecule has 0 bridgehead atoms. The zero-order valence-electron chi connectivity index (χ0n) is 50.1. The Morgan fingerprint density at radius 1 is 0.778 bits per heavy atom. The molecule has 17 nitrogen and oxygen atoms in total. The number of carbonyl (C=O) groups is 7. The number of hydrogen-bond acceptors (Lipinski definition) is 12. The highest BCUT2D eigenvalue weighted by Gasteiger charge is 2.60. The first kappa shape index (κ1) is 62.1. The molecule has 0 unspecified atom stereocenters. The highest BCUT2D eigenvalue weighted by molar-refractivity contribution is 6.74. The summed E-state index contributed by atoms with van der Waals surface area (Å²) in [6, 6.07) is 18.1. The van der Waals surface area contributed by atoms with Crippen LogP contribution in [0.2, 0.25) is 18.1 Å². The van der Waals surface area contributed by atoms with Crippen molar-refractivity contribution in [3.05, 3.63) is 102 Å². The maximum atomic E-state index is 15.1. The molecule has 81 heavy (non-hydrogen) atoms. The minimum atomic E-state index is -2.41. The van der Waals surface area contributed by atoms with Crippen LogP contribution in [0, 0.1) is 23.7 Å². The number of carbonyl (C=O) groups excluding carboxylic acids is 7. The number of nitrogens with zero attached hydrogens (tertiary/aromatic N) is 2. The zero-order chi connectivity index (χ0) is 59.5. The second kappa shape index (κ2) is 25.3. The Labute approximate surface area is 480 Å². The van der Waals surface area contributed by atoms with Crippen LogP contribution < -0.4 is 21.3 Å². The van der Waals surface area contributed by atoms with E-state index in [0.717, 1.165) is 33.5 Å². The Hall–Kier alpha value is -6.53. The maximum Gasteiger partial charge on any atom is 0.407 e. The first-order chi connectivity index (χ1) is 38.1. The fraction of sp³-hybridized carbons (Fsp3) is 0.571. The molecule has 5 amide bonds. The van der Waals surface area contributed by atoms with E-state index in [1.807, 2.05) is 107 Å². The predicted molar refractivity (Wildman–Crippen MR) is 314 cm³/mol. The van der Waals surface area contributed by atoms with Gasteiger partial charge in [0.2, 0.25) is 17.7 Å². The zero-order valence-corrected chi connectivity index (χ0v) is 51.1. The summed E-state index contributed by atoms with van der Waals surface area (Å²) >= 11 is 0. The van der Waals surface area contributed by atoms with Crippen molar-refractivity contribution in [2.45, 2.75) is 187 Å². The number of esters is 2. The van der Waals surface area contributed by atoms with Crippen molar-refractivity contribution in [2.75, 3.05) is 25.1 Å². The third kappa shape index (κ3) is 13.4. The minimum absolute atomic E-state index is 0.0303. The molecule has 0 aromatic heterocycles. The topological polar surface area (TPSA) is 211 Å². The van der Waals surface area contributed by atoms with Crippen molar-refractivity contribution >= 4 is 55.7 Å². The second-order valence-corrected chi connectivity index (χ2v) is 30.4. The fourth-order valence-electron chi connectivity index (χ4n) is 11.7. The lowest BCUT2D eigenvalue weighted by Crippen LogP contribution is -2.63. The summed E-state index contributed by atoms with van der Waals surface area (Å²) in [5.74, 6) is -5.55. The van der Waals surface area contributed by atoms with E-state index in [0.29, 0.717) is 6.42 Å². The number of piperidine rings is 1. The number of ether oxygens (including phenoxy) is 3. The average molecular weight is 1130 g/mol. The molecule has 1 aliphatic carbocycles. The van der Waals surface area contributed by atoms with E-state index in [1.165, 1.54) is 15.9 Å². The van der Waals surface area contributed by atoms with Crippen molar-refractivity contribution in [3.8, 4) is 11.1 Å². The lowest BCUT2D eigenvalue weighted by molar-refractivity contribution is -0.169. The highest BCUT2D eigenvalue weighted by atomic mass is 28.4. The largest absolute Gasteiger partial charge is 0.460 e. The van der Waals surface area contributed by atoms with Gasteiger partial charge < -0.3 is 49.7 Å². The van der Waals surface area contributed by atoms with Crippen molar-refractivity contribution in [1.82, 2.24) is 25.8 Å². The van der Waals surface area contributed by atoms with Gasteiger partial charge >= 0.3 is 18.0 Å². The number of rotatable bonds is 21. The number of anilines is 1. The molecule has 440 valence electrons. The van der Waals surface area contributed by atoms with Crippen LogP contribution in [0.3, 0.4) is 0 Å². The number of hydrogen-bond donors (Lipinski definition) is 4. The standard InChI is InChI=1S/C63H88N6O11Si/c1-16-31-77-58(74)50-34-63(13)46-27-21-22-28-47(46)65-60(63)69(50)56(72)51(37(4)5)66-54(70)48(32-36(2)3)64-55(71)49-33-40(80-81(14,15)62(10,11)12)29-30-68(49)57(73)53(39(8)9)79-59(75)52(38(6)7)67-61(76)78-35-45-43-25-19-17-23-41(43)42-24-18-20-26-44(42)45/h16-28,36-40,45,48-53,60,65H,1,29-35H2,2-15H3,(H,64,71)(H,66,70)(H,67,76)/t40-,48-,49+,50-,51+,52+,53-,60-,63-/m0/s1. The van der Waals surface area contributed by atoms with Crippen LogP contribution in [-0.2, 0) is 52.8 Å². The van der Waals surface area contributed by atoms with Gasteiger partial charge in [-0.05, 0) is 95.0 Å². The summed E-state index contributed by atoms with van der Waals surface area (Å²) in [4.78, 5) is 105. The molecule has 2 saturated heterocycles. The van der Waals surface area contributed by atoms with E-state index < -0.39 is 122 Å². The van der Waals surface area contributed by atoms with E-state index in [2.05, 4.69) is 61.7 Å². The van der Waals surface area contributed by atoms with E-state index in [4.69, 9.17) is 18.6 Å². The molecule has 7 rings (SSSR count). The SMILES string of the molecule is C=CCOC(=O)[C@@H]1C[C@@]2(C)c3ccccc3N[C@H]2N1C(=O)[C@H](NC(=O)[C@H](CC(C)C)NC(=O)[C@H]1C[C@@H](O[Si](C)(C)C(C)(C)C)CCN1C(=O)[C@@H](OC(=O)[C@H](NC(=O)OCC1c2ccccc2-c2ccccc21)C(C)C)C(C)C)C(C)C. The molecule has 2 fully saturated rings. The Morgan fingerprint density at radius 3 is 1.96 bits per heavy atom. The quantitative estimate of drug-likeness (QED) is 0.0341. The van der Waals surface area contributed by atoms with Crippen LogP contribution in [0.25, 0.3) is 11.1 Å². The van der Waals surface area contributed by atoms with E-state index in [-0.39, 0.29) is 55.9 Å². The van der Waals surface area contributed by atoms with Gasteiger partial charge in [-0.2, -0.15) is 0 Å². The molecular weight excluding hydrogens is 1040 g/mol. The summed E-state index contributed by atoms with van der Waals surface area (Å²) in [5.41, 5.74) is 5.37. The van der Waals surface area contributed by atoms with Crippen LogP contribution in [0.4, 0.5) is 10.5 Å². The third-order valence-corrected chi connectivity index (χ3v) is 21.7. The fourth-order valence-corrected chi connectivity index (χ4v) is 13.1. The number of fused-ring (bicyclic) bond motifs is 6. The Bertz CT molecular complexity index is 2780. The normalized spacial score (nSPS) is 21.9. The number of amides is 5. The van der Waals surface area contributed by atoms with Gasteiger partial charge in [-0.15, -0.1) is 0 Å². The molecule has 4 N–H and O–H groups in total.